The molecule has 23 heavy (non-hydrogen) atoms. The van der Waals surface area contributed by atoms with Crippen molar-refractivity contribution in [2.75, 3.05) is 12.8 Å². The normalized spacial score (nSPS) is 12.4. The summed E-state index contributed by atoms with van der Waals surface area (Å²) in [5, 5.41) is 8.67. The van der Waals surface area contributed by atoms with Crippen molar-refractivity contribution in [3.05, 3.63) is 42.0 Å². The van der Waals surface area contributed by atoms with Crippen molar-refractivity contribution >= 4 is 17.7 Å². The maximum absolute atomic E-state index is 13.0. The van der Waals surface area contributed by atoms with Gasteiger partial charge < -0.3 is 9.47 Å². The van der Waals surface area contributed by atoms with Crippen LogP contribution in [0.3, 0.4) is 0 Å². The quantitative estimate of drug-likeness (QED) is 0.760. The number of benzene rings is 1. The average Bonchev–Trinajstić information content (AvgIpc) is 3.00. The summed E-state index contributed by atoms with van der Waals surface area (Å²) in [6.45, 7) is 6.00. The number of nitrogens with zero attached hydrogens (tertiary/aromatic N) is 4. The molecule has 5 nitrogen and oxygen atoms in total. The second-order valence-corrected chi connectivity index (χ2v) is 6.58. The van der Waals surface area contributed by atoms with Gasteiger partial charge in [0.25, 0.3) is 0 Å². The predicted octanol–water partition coefficient (Wildman–Crippen LogP) is 3.31. The highest BCUT2D eigenvalue weighted by Crippen LogP contribution is 2.23. The van der Waals surface area contributed by atoms with E-state index in [1.807, 2.05) is 25.3 Å². The number of aromatic nitrogens is 3. The zero-order chi connectivity index (χ0) is 17.0. The van der Waals surface area contributed by atoms with Crippen LogP contribution >= 0.6 is 11.8 Å². The molecule has 2 rings (SSSR count). The van der Waals surface area contributed by atoms with Crippen LogP contribution in [0.1, 0.15) is 38.4 Å². The van der Waals surface area contributed by atoms with Crippen LogP contribution in [0.15, 0.2) is 35.7 Å². The number of hydrogen-bond donors (Lipinski definition) is 0. The van der Waals surface area contributed by atoms with Crippen molar-refractivity contribution in [2.24, 2.45) is 0 Å². The Hall–Kier alpha value is -1.89. The number of thioether (sulfide) groups is 1. The molecule has 1 aromatic carbocycles. The van der Waals surface area contributed by atoms with Crippen LogP contribution in [-0.4, -0.2) is 38.4 Å². The molecular weight excluding hydrogens is 315 g/mol. The van der Waals surface area contributed by atoms with E-state index in [9.17, 15) is 9.18 Å². The van der Waals surface area contributed by atoms with E-state index in [1.165, 1.54) is 23.9 Å². The molecule has 124 valence electrons. The van der Waals surface area contributed by atoms with Gasteiger partial charge in [-0.2, -0.15) is 0 Å². The Bertz CT molecular complexity index is 656. The minimum atomic E-state index is -0.279. The lowest BCUT2D eigenvalue weighted by molar-refractivity contribution is -0.128. The van der Waals surface area contributed by atoms with Gasteiger partial charge in [0.2, 0.25) is 5.91 Å². The lowest BCUT2D eigenvalue weighted by Crippen LogP contribution is -2.31. The van der Waals surface area contributed by atoms with E-state index in [0.717, 1.165) is 10.7 Å². The lowest BCUT2D eigenvalue weighted by Gasteiger charge is -2.25. The number of hydrogen-bond acceptors (Lipinski definition) is 4. The SMILES string of the molecule is CC(c1ccc(F)cc1)N(C)C(=O)CSc1nncn1C(C)C. The van der Waals surface area contributed by atoms with Gasteiger partial charge in [0, 0.05) is 13.1 Å². The van der Waals surface area contributed by atoms with Crippen LogP contribution in [0.5, 0.6) is 0 Å². The molecule has 0 bridgehead atoms. The first-order chi connectivity index (χ1) is 10.9. The van der Waals surface area contributed by atoms with Gasteiger partial charge in [-0.3, -0.25) is 4.79 Å². The first-order valence-corrected chi connectivity index (χ1v) is 8.42. The lowest BCUT2D eigenvalue weighted by atomic mass is 10.1. The minimum absolute atomic E-state index is 0.00914. The van der Waals surface area contributed by atoms with E-state index < -0.39 is 0 Å². The fraction of sp³-hybridized carbons (Fsp3) is 0.438. The second kappa shape index (κ2) is 7.59. The molecule has 1 aromatic heterocycles. The van der Waals surface area contributed by atoms with E-state index in [-0.39, 0.29) is 29.6 Å². The smallest absolute Gasteiger partial charge is 0.233 e. The number of carbonyl (C=O) groups excluding carboxylic acids is 1. The molecule has 1 unspecified atom stereocenters. The van der Waals surface area contributed by atoms with Crippen LogP contribution in [0.25, 0.3) is 0 Å². The van der Waals surface area contributed by atoms with Gasteiger partial charge in [0.05, 0.1) is 11.8 Å². The Morgan fingerprint density at radius 2 is 1.96 bits per heavy atom. The van der Waals surface area contributed by atoms with Crippen molar-refractivity contribution in [3.8, 4) is 0 Å². The summed E-state index contributed by atoms with van der Waals surface area (Å²) in [6.07, 6.45) is 1.67. The molecule has 0 radical (unpaired) electrons. The van der Waals surface area contributed by atoms with Crippen molar-refractivity contribution in [1.29, 1.82) is 0 Å². The monoisotopic (exact) mass is 336 g/mol. The van der Waals surface area contributed by atoms with Crippen LogP contribution in [-0.2, 0) is 4.79 Å². The van der Waals surface area contributed by atoms with Crippen LogP contribution in [0.4, 0.5) is 4.39 Å². The first kappa shape index (κ1) is 17.5. The Morgan fingerprint density at radius 1 is 1.30 bits per heavy atom. The van der Waals surface area contributed by atoms with E-state index in [1.54, 1.807) is 30.4 Å². The molecule has 0 aliphatic heterocycles. The van der Waals surface area contributed by atoms with Crippen molar-refractivity contribution in [2.45, 2.75) is 38.0 Å². The summed E-state index contributed by atoms with van der Waals surface area (Å²) in [7, 11) is 1.75. The molecule has 7 heteroatoms. The van der Waals surface area contributed by atoms with Gasteiger partial charge in [-0.25, -0.2) is 4.39 Å². The molecule has 1 atom stereocenters. The van der Waals surface area contributed by atoms with Crippen LogP contribution in [0, 0.1) is 5.82 Å². The van der Waals surface area contributed by atoms with E-state index in [0.29, 0.717) is 0 Å². The molecule has 0 N–H and O–H groups in total. The molecule has 1 amide bonds. The largest absolute Gasteiger partial charge is 0.338 e. The molecule has 0 fully saturated rings. The highest BCUT2D eigenvalue weighted by molar-refractivity contribution is 7.99. The second-order valence-electron chi connectivity index (χ2n) is 5.64. The van der Waals surface area contributed by atoms with E-state index in [4.69, 9.17) is 0 Å². The Morgan fingerprint density at radius 3 is 2.57 bits per heavy atom. The third-order valence-electron chi connectivity index (χ3n) is 3.75. The average molecular weight is 336 g/mol. The van der Waals surface area contributed by atoms with Crippen LogP contribution in [0.2, 0.25) is 0 Å². The van der Waals surface area contributed by atoms with Crippen molar-refractivity contribution in [3.63, 3.8) is 0 Å². The zero-order valence-electron chi connectivity index (χ0n) is 13.7. The number of rotatable bonds is 6. The van der Waals surface area contributed by atoms with E-state index >= 15 is 0 Å². The van der Waals surface area contributed by atoms with Gasteiger partial charge in [0.15, 0.2) is 5.16 Å². The van der Waals surface area contributed by atoms with Gasteiger partial charge in [0.1, 0.15) is 12.1 Å². The molecule has 2 aromatic rings. The van der Waals surface area contributed by atoms with Crippen molar-refractivity contribution < 1.29 is 9.18 Å². The molecule has 1 heterocycles. The summed E-state index contributed by atoms with van der Waals surface area (Å²) < 4.78 is 14.9. The van der Waals surface area contributed by atoms with Gasteiger partial charge in [-0.05, 0) is 38.5 Å². The third kappa shape index (κ3) is 4.31. The standard InChI is InChI=1S/C16H21FN4OS/c1-11(2)21-10-18-19-16(21)23-9-15(22)20(4)12(3)13-5-7-14(17)8-6-13/h5-8,10-12H,9H2,1-4H3. The Balaban J connectivity index is 1.97. The Kier molecular flexibility index (Phi) is 5.76. The topological polar surface area (TPSA) is 51.0 Å². The Labute approximate surface area is 139 Å². The summed E-state index contributed by atoms with van der Waals surface area (Å²) >= 11 is 1.37. The number of halogens is 1. The summed E-state index contributed by atoms with van der Waals surface area (Å²) in [5.74, 6) is -0.00313. The van der Waals surface area contributed by atoms with Crippen LogP contribution < -0.4 is 0 Å². The van der Waals surface area contributed by atoms with Crippen molar-refractivity contribution in [1.82, 2.24) is 19.7 Å². The fourth-order valence-corrected chi connectivity index (χ4v) is 3.07. The summed E-state index contributed by atoms with van der Waals surface area (Å²) in [6, 6.07) is 6.34. The maximum Gasteiger partial charge on any atom is 0.233 e. The summed E-state index contributed by atoms with van der Waals surface area (Å²) in [4.78, 5) is 14.0. The number of amides is 1. The van der Waals surface area contributed by atoms with Gasteiger partial charge in [-0.1, -0.05) is 23.9 Å². The maximum atomic E-state index is 13.0. The highest BCUT2D eigenvalue weighted by Gasteiger charge is 2.19. The third-order valence-corrected chi connectivity index (χ3v) is 4.69. The number of carbonyl (C=O) groups is 1. The molecular formula is C16H21FN4OS. The van der Waals surface area contributed by atoms with Gasteiger partial charge in [-0.15, -0.1) is 10.2 Å². The first-order valence-electron chi connectivity index (χ1n) is 7.43. The highest BCUT2D eigenvalue weighted by atomic mass is 32.2. The fourth-order valence-electron chi connectivity index (χ4n) is 2.10. The summed E-state index contributed by atoms with van der Waals surface area (Å²) in [5.41, 5.74) is 0.901. The minimum Gasteiger partial charge on any atom is -0.338 e. The molecule has 0 aliphatic carbocycles. The predicted molar refractivity (Wildman–Crippen MR) is 88.7 cm³/mol. The molecule has 0 aliphatic rings. The molecule has 0 spiro atoms. The molecule has 0 saturated carbocycles. The van der Waals surface area contributed by atoms with E-state index in [2.05, 4.69) is 10.2 Å². The molecule has 0 saturated heterocycles. The van der Waals surface area contributed by atoms with Gasteiger partial charge >= 0.3 is 0 Å². The zero-order valence-corrected chi connectivity index (χ0v) is 14.5.